The maximum atomic E-state index is 11.9. The van der Waals surface area contributed by atoms with Crippen LogP contribution in [0.2, 0.25) is 0 Å². The molecule has 0 bridgehead atoms. The van der Waals surface area contributed by atoms with Crippen molar-refractivity contribution in [3.8, 4) is 0 Å². The van der Waals surface area contributed by atoms with Gasteiger partial charge in [-0.15, -0.1) is 0 Å². The van der Waals surface area contributed by atoms with Crippen molar-refractivity contribution >= 4 is 11.6 Å². The Hall–Kier alpha value is -2.21. The Morgan fingerprint density at radius 3 is 2.83 bits per heavy atom. The van der Waals surface area contributed by atoms with Crippen molar-refractivity contribution in [2.75, 3.05) is 5.32 Å². The number of amides is 1. The van der Waals surface area contributed by atoms with Gasteiger partial charge in [0.2, 0.25) is 5.91 Å². The van der Waals surface area contributed by atoms with Gasteiger partial charge in [-0.05, 0) is 18.6 Å². The molecule has 1 amide bonds. The Kier molecular flexibility index (Phi) is 3.38. The molecule has 1 atom stereocenters. The number of aryl methyl sites for hydroxylation is 2. The van der Waals surface area contributed by atoms with E-state index in [1.165, 1.54) is 0 Å². The molecular weight excluding hydrogens is 230 g/mol. The van der Waals surface area contributed by atoms with Gasteiger partial charge in [0, 0.05) is 25.0 Å². The van der Waals surface area contributed by atoms with Gasteiger partial charge in [0.1, 0.15) is 6.04 Å². The zero-order chi connectivity index (χ0) is 13.1. The van der Waals surface area contributed by atoms with Gasteiger partial charge >= 0.3 is 0 Å². The third-order valence-electron chi connectivity index (χ3n) is 2.51. The van der Waals surface area contributed by atoms with Gasteiger partial charge in [0.25, 0.3) is 0 Å². The maximum Gasteiger partial charge on any atom is 0.246 e. The molecule has 2 heterocycles. The number of carbonyl (C=O) groups is 1. The molecule has 0 fully saturated rings. The van der Waals surface area contributed by atoms with E-state index >= 15 is 0 Å². The molecule has 2 rings (SSSR count). The van der Waals surface area contributed by atoms with Crippen LogP contribution < -0.4 is 11.1 Å². The maximum absolute atomic E-state index is 11.9. The Morgan fingerprint density at radius 1 is 1.44 bits per heavy atom. The average molecular weight is 245 g/mol. The second kappa shape index (κ2) is 4.97. The third-order valence-corrected chi connectivity index (χ3v) is 2.51. The summed E-state index contributed by atoms with van der Waals surface area (Å²) >= 11 is 0. The number of nitrogens with one attached hydrogen (secondary N) is 1. The van der Waals surface area contributed by atoms with Gasteiger partial charge in [0.15, 0.2) is 0 Å². The molecule has 6 nitrogen and oxygen atoms in total. The number of aromatic nitrogens is 3. The van der Waals surface area contributed by atoms with Crippen molar-refractivity contribution in [2.45, 2.75) is 13.0 Å². The standard InChI is InChI=1S/C12H15N5O/c1-8-3-10(6-14-4-8)16-12(18)11(13)9-5-15-17(2)7-9/h3-7,11H,13H2,1-2H3,(H,16,18). The van der Waals surface area contributed by atoms with Gasteiger partial charge in [-0.2, -0.15) is 5.10 Å². The summed E-state index contributed by atoms with van der Waals surface area (Å²) in [5.74, 6) is -0.282. The minimum atomic E-state index is -0.737. The molecule has 2 aromatic heterocycles. The fourth-order valence-corrected chi connectivity index (χ4v) is 1.60. The van der Waals surface area contributed by atoms with Crippen LogP contribution in [-0.4, -0.2) is 20.7 Å². The van der Waals surface area contributed by atoms with Crippen molar-refractivity contribution in [3.05, 3.63) is 42.0 Å². The van der Waals surface area contributed by atoms with Crippen molar-refractivity contribution < 1.29 is 4.79 Å². The van der Waals surface area contributed by atoms with E-state index in [-0.39, 0.29) is 5.91 Å². The normalized spacial score (nSPS) is 12.2. The highest BCUT2D eigenvalue weighted by molar-refractivity contribution is 5.95. The van der Waals surface area contributed by atoms with Crippen molar-refractivity contribution in [2.24, 2.45) is 12.8 Å². The van der Waals surface area contributed by atoms with Gasteiger partial charge in [-0.25, -0.2) is 0 Å². The number of nitrogens with two attached hydrogens (primary N) is 1. The summed E-state index contributed by atoms with van der Waals surface area (Å²) in [6.45, 7) is 1.91. The Labute approximate surface area is 105 Å². The highest BCUT2D eigenvalue weighted by Crippen LogP contribution is 2.13. The fourth-order valence-electron chi connectivity index (χ4n) is 1.60. The van der Waals surface area contributed by atoms with Crippen LogP contribution in [-0.2, 0) is 11.8 Å². The van der Waals surface area contributed by atoms with Crippen LogP contribution in [0.1, 0.15) is 17.2 Å². The van der Waals surface area contributed by atoms with E-state index in [2.05, 4.69) is 15.4 Å². The lowest BCUT2D eigenvalue weighted by molar-refractivity contribution is -0.117. The summed E-state index contributed by atoms with van der Waals surface area (Å²) in [4.78, 5) is 15.9. The first-order valence-corrected chi connectivity index (χ1v) is 5.53. The molecule has 2 aromatic rings. The zero-order valence-corrected chi connectivity index (χ0v) is 10.3. The summed E-state index contributed by atoms with van der Waals surface area (Å²) in [5, 5.41) is 6.71. The quantitative estimate of drug-likeness (QED) is 0.836. The van der Waals surface area contributed by atoms with Gasteiger partial charge < -0.3 is 11.1 Å². The minimum absolute atomic E-state index is 0.282. The number of nitrogens with zero attached hydrogens (tertiary/aromatic N) is 3. The molecule has 0 aliphatic heterocycles. The van der Waals surface area contributed by atoms with Gasteiger partial charge in [0.05, 0.1) is 18.1 Å². The summed E-state index contributed by atoms with van der Waals surface area (Å²) in [6.07, 6.45) is 6.61. The highest BCUT2D eigenvalue weighted by atomic mass is 16.2. The number of carbonyl (C=O) groups excluding carboxylic acids is 1. The van der Waals surface area contributed by atoms with Crippen molar-refractivity contribution in [1.29, 1.82) is 0 Å². The summed E-state index contributed by atoms with van der Waals surface area (Å²) in [5.41, 5.74) is 8.14. The first-order valence-electron chi connectivity index (χ1n) is 5.53. The Morgan fingerprint density at radius 2 is 2.22 bits per heavy atom. The molecule has 0 saturated carbocycles. The van der Waals surface area contributed by atoms with Crippen LogP contribution >= 0.6 is 0 Å². The van der Waals surface area contributed by atoms with E-state index in [4.69, 9.17) is 5.73 Å². The predicted molar refractivity (Wildman–Crippen MR) is 67.7 cm³/mol. The molecule has 1 unspecified atom stereocenters. The molecule has 0 aliphatic rings. The van der Waals surface area contributed by atoms with Gasteiger partial charge in [-0.1, -0.05) is 0 Å². The van der Waals surface area contributed by atoms with Gasteiger partial charge in [-0.3, -0.25) is 14.5 Å². The molecule has 0 radical (unpaired) electrons. The molecule has 6 heteroatoms. The molecular formula is C12H15N5O. The fraction of sp³-hybridized carbons (Fsp3) is 0.250. The second-order valence-electron chi connectivity index (χ2n) is 4.17. The van der Waals surface area contributed by atoms with Crippen LogP contribution in [0.15, 0.2) is 30.9 Å². The van der Waals surface area contributed by atoms with Crippen LogP contribution in [0.4, 0.5) is 5.69 Å². The molecule has 94 valence electrons. The van der Waals surface area contributed by atoms with Crippen LogP contribution in [0.5, 0.6) is 0 Å². The predicted octanol–water partition coefficient (Wildman–Crippen LogP) is 0.762. The smallest absolute Gasteiger partial charge is 0.246 e. The summed E-state index contributed by atoms with van der Waals surface area (Å²) in [6, 6.07) is 1.10. The van der Waals surface area contributed by atoms with E-state index in [0.29, 0.717) is 11.3 Å². The second-order valence-corrected chi connectivity index (χ2v) is 4.17. The first kappa shape index (κ1) is 12.3. The SMILES string of the molecule is Cc1cncc(NC(=O)C(N)c2cnn(C)c2)c1. The topological polar surface area (TPSA) is 85.8 Å². The average Bonchev–Trinajstić information content (AvgIpc) is 2.75. The van der Waals surface area contributed by atoms with E-state index in [0.717, 1.165) is 5.56 Å². The highest BCUT2D eigenvalue weighted by Gasteiger charge is 2.17. The number of pyridine rings is 1. The molecule has 3 N–H and O–H groups in total. The number of hydrogen-bond acceptors (Lipinski definition) is 4. The summed E-state index contributed by atoms with van der Waals surface area (Å²) < 4.78 is 1.61. The Bertz CT molecular complexity index is 563. The first-order chi connectivity index (χ1) is 8.56. The van der Waals surface area contributed by atoms with Crippen molar-refractivity contribution in [1.82, 2.24) is 14.8 Å². The largest absolute Gasteiger partial charge is 0.323 e. The van der Waals surface area contributed by atoms with Crippen molar-refractivity contribution in [3.63, 3.8) is 0 Å². The van der Waals surface area contributed by atoms with Crippen LogP contribution in [0.25, 0.3) is 0 Å². The number of rotatable bonds is 3. The zero-order valence-electron chi connectivity index (χ0n) is 10.3. The molecule has 0 saturated heterocycles. The molecule has 0 spiro atoms. The van der Waals surface area contributed by atoms with Crippen LogP contribution in [0.3, 0.4) is 0 Å². The number of hydrogen-bond donors (Lipinski definition) is 2. The van der Waals surface area contributed by atoms with E-state index in [1.807, 2.05) is 13.0 Å². The molecule has 0 aliphatic carbocycles. The van der Waals surface area contributed by atoms with E-state index < -0.39 is 6.04 Å². The lowest BCUT2D eigenvalue weighted by atomic mass is 10.1. The van der Waals surface area contributed by atoms with E-state index in [9.17, 15) is 4.79 Å². The Balaban J connectivity index is 2.08. The lowest BCUT2D eigenvalue weighted by Gasteiger charge is -2.10. The lowest BCUT2D eigenvalue weighted by Crippen LogP contribution is -2.27. The monoisotopic (exact) mass is 245 g/mol. The molecule has 18 heavy (non-hydrogen) atoms. The minimum Gasteiger partial charge on any atom is -0.323 e. The number of anilines is 1. The third kappa shape index (κ3) is 2.72. The van der Waals surface area contributed by atoms with E-state index in [1.54, 1.807) is 36.5 Å². The van der Waals surface area contributed by atoms with Crippen LogP contribution in [0, 0.1) is 6.92 Å². The summed E-state index contributed by atoms with van der Waals surface area (Å²) in [7, 11) is 1.78. The molecule has 0 aromatic carbocycles.